The third kappa shape index (κ3) is 2.14. The molecule has 3 nitrogen and oxygen atoms in total. The lowest BCUT2D eigenvalue weighted by Gasteiger charge is -2.47. The molecule has 1 aromatic carbocycles. The lowest BCUT2D eigenvalue weighted by atomic mass is 9.65. The Balaban J connectivity index is 1.31. The molecule has 0 N–H and O–H groups in total. The van der Waals surface area contributed by atoms with Crippen LogP contribution in [0, 0.1) is 22.7 Å². The van der Waals surface area contributed by atoms with Gasteiger partial charge in [0.05, 0.1) is 26.4 Å². The van der Waals surface area contributed by atoms with E-state index >= 15 is 0 Å². The van der Waals surface area contributed by atoms with Crippen molar-refractivity contribution in [3.05, 3.63) is 35.9 Å². The van der Waals surface area contributed by atoms with E-state index in [1.165, 1.54) is 37.7 Å². The van der Waals surface area contributed by atoms with E-state index in [1.807, 2.05) is 0 Å². The maximum absolute atomic E-state index is 6.21. The molecule has 24 heavy (non-hydrogen) atoms. The molecule has 4 saturated carbocycles. The third-order valence-electron chi connectivity index (χ3n) is 7.41. The quantitative estimate of drug-likeness (QED) is 0.812. The number of rotatable bonds is 5. The van der Waals surface area contributed by atoms with Crippen LogP contribution in [0.2, 0.25) is 0 Å². The highest BCUT2D eigenvalue weighted by Crippen LogP contribution is 2.74. The molecule has 0 radical (unpaired) electrons. The lowest BCUT2D eigenvalue weighted by Crippen LogP contribution is -2.49. The second-order valence-corrected chi connectivity index (χ2v) is 8.86. The maximum Gasteiger partial charge on any atom is 0.171 e. The number of hydrogen-bond acceptors (Lipinski definition) is 3. The maximum atomic E-state index is 6.21. The summed E-state index contributed by atoms with van der Waals surface area (Å²) in [6, 6.07) is 10.5. The SMILES string of the molecule is CC1(C23CC4CC2CC(COCc2ccccc2)(C4)C3)OCCO1. The van der Waals surface area contributed by atoms with Gasteiger partial charge in [-0.1, -0.05) is 30.3 Å². The molecule has 1 saturated heterocycles. The van der Waals surface area contributed by atoms with E-state index in [9.17, 15) is 0 Å². The Morgan fingerprint density at radius 2 is 1.88 bits per heavy atom. The van der Waals surface area contributed by atoms with Crippen molar-refractivity contribution in [3.8, 4) is 0 Å². The van der Waals surface area contributed by atoms with Crippen LogP contribution in [0.25, 0.3) is 0 Å². The van der Waals surface area contributed by atoms with Crippen molar-refractivity contribution in [2.75, 3.05) is 19.8 Å². The monoisotopic (exact) mass is 328 g/mol. The fraction of sp³-hybridized carbons (Fsp3) is 0.714. The van der Waals surface area contributed by atoms with E-state index in [-0.39, 0.29) is 11.2 Å². The first-order valence-corrected chi connectivity index (χ1v) is 9.53. The van der Waals surface area contributed by atoms with Gasteiger partial charge in [-0.2, -0.15) is 0 Å². The van der Waals surface area contributed by atoms with E-state index in [0.717, 1.165) is 38.3 Å². The molecule has 130 valence electrons. The molecule has 1 heterocycles. The van der Waals surface area contributed by atoms with Gasteiger partial charge in [0, 0.05) is 5.41 Å². The Morgan fingerprint density at radius 1 is 1.08 bits per heavy atom. The second kappa shape index (κ2) is 5.30. The first-order valence-electron chi connectivity index (χ1n) is 9.53. The summed E-state index contributed by atoms with van der Waals surface area (Å²) in [5, 5.41) is 0. The van der Waals surface area contributed by atoms with Gasteiger partial charge in [0.2, 0.25) is 0 Å². The number of hydrogen-bond donors (Lipinski definition) is 0. The Kier molecular flexibility index (Phi) is 3.39. The van der Waals surface area contributed by atoms with Crippen LogP contribution in [-0.2, 0) is 20.8 Å². The minimum Gasteiger partial charge on any atom is -0.376 e. The zero-order valence-corrected chi connectivity index (χ0v) is 14.6. The van der Waals surface area contributed by atoms with Crippen LogP contribution in [0.5, 0.6) is 0 Å². The van der Waals surface area contributed by atoms with Gasteiger partial charge in [0.15, 0.2) is 5.79 Å². The summed E-state index contributed by atoms with van der Waals surface area (Å²) in [4.78, 5) is 0. The van der Waals surface area contributed by atoms with Crippen LogP contribution in [-0.4, -0.2) is 25.6 Å². The van der Waals surface area contributed by atoms with Crippen molar-refractivity contribution in [3.63, 3.8) is 0 Å². The molecule has 0 amide bonds. The summed E-state index contributed by atoms with van der Waals surface area (Å²) in [5.41, 5.74) is 1.87. The highest BCUT2D eigenvalue weighted by molar-refractivity contribution is 5.18. The molecule has 4 bridgehead atoms. The molecule has 4 atom stereocenters. The van der Waals surface area contributed by atoms with Gasteiger partial charge < -0.3 is 14.2 Å². The molecular weight excluding hydrogens is 300 g/mol. The molecule has 5 aliphatic rings. The minimum atomic E-state index is -0.353. The van der Waals surface area contributed by atoms with Crippen molar-refractivity contribution in [1.82, 2.24) is 0 Å². The van der Waals surface area contributed by atoms with Gasteiger partial charge in [0.1, 0.15) is 0 Å². The summed E-state index contributed by atoms with van der Waals surface area (Å²) in [5.74, 6) is 1.26. The Morgan fingerprint density at radius 3 is 2.67 bits per heavy atom. The number of benzene rings is 1. The highest BCUT2D eigenvalue weighted by atomic mass is 16.7. The van der Waals surface area contributed by atoms with E-state index in [1.54, 1.807) is 0 Å². The van der Waals surface area contributed by atoms with Gasteiger partial charge >= 0.3 is 0 Å². The van der Waals surface area contributed by atoms with Crippen LogP contribution < -0.4 is 0 Å². The van der Waals surface area contributed by atoms with Gasteiger partial charge in [-0.25, -0.2) is 0 Å². The Hall–Kier alpha value is -0.900. The van der Waals surface area contributed by atoms with E-state index in [2.05, 4.69) is 37.3 Å². The van der Waals surface area contributed by atoms with Crippen LogP contribution >= 0.6 is 0 Å². The predicted molar refractivity (Wildman–Crippen MR) is 91.3 cm³/mol. The van der Waals surface area contributed by atoms with Crippen LogP contribution in [0.3, 0.4) is 0 Å². The topological polar surface area (TPSA) is 27.7 Å². The van der Waals surface area contributed by atoms with Gasteiger partial charge in [-0.3, -0.25) is 0 Å². The molecule has 6 rings (SSSR count). The Labute approximate surface area is 144 Å². The fourth-order valence-electron chi connectivity index (χ4n) is 6.72. The average Bonchev–Trinajstić information content (AvgIpc) is 3.19. The summed E-state index contributed by atoms with van der Waals surface area (Å²) in [6.45, 7) is 5.35. The number of ether oxygens (including phenoxy) is 3. The first-order chi connectivity index (χ1) is 11.6. The highest BCUT2D eigenvalue weighted by Gasteiger charge is 2.71. The zero-order chi connectivity index (χ0) is 16.3. The molecule has 1 aromatic rings. The van der Waals surface area contributed by atoms with Crippen molar-refractivity contribution in [2.24, 2.45) is 22.7 Å². The molecule has 5 fully saturated rings. The van der Waals surface area contributed by atoms with Crippen molar-refractivity contribution < 1.29 is 14.2 Å². The van der Waals surface area contributed by atoms with Crippen LogP contribution in [0.4, 0.5) is 0 Å². The van der Waals surface area contributed by atoms with E-state index in [4.69, 9.17) is 14.2 Å². The van der Waals surface area contributed by atoms with Gasteiger partial charge in [-0.15, -0.1) is 0 Å². The van der Waals surface area contributed by atoms with Gasteiger partial charge in [-0.05, 0) is 61.8 Å². The summed E-state index contributed by atoms with van der Waals surface area (Å²) in [7, 11) is 0. The largest absolute Gasteiger partial charge is 0.376 e. The van der Waals surface area contributed by atoms with Crippen molar-refractivity contribution in [2.45, 2.75) is 51.4 Å². The fourth-order valence-corrected chi connectivity index (χ4v) is 6.72. The Bertz CT molecular complexity index is 609. The zero-order valence-electron chi connectivity index (χ0n) is 14.6. The predicted octanol–water partition coefficient (Wildman–Crippen LogP) is 4.16. The first kappa shape index (κ1) is 15.4. The van der Waals surface area contributed by atoms with Crippen LogP contribution in [0.1, 0.15) is 44.6 Å². The summed E-state index contributed by atoms with van der Waals surface area (Å²) >= 11 is 0. The molecule has 1 aliphatic heterocycles. The molecule has 4 aliphatic carbocycles. The minimum absolute atomic E-state index is 0.239. The van der Waals surface area contributed by atoms with Crippen molar-refractivity contribution in [1.29, 1.82) is 0 Å². The normalized spacial score (nSPS) is 42.0. The summed E-state index contributed by atoms with van der Waals surface area (Å²) in [6.07, 6.45) is 6.56. The molecule has 4 unspecified atom stereocenters. The van der Waals surface area contributed by atoms with Gasteiger partial charge in [0.25, 0.3) is 0 Å². The van der Waals surface area contributed by atoms with Crippen LogP contribution in [0.15, 0.2) is 30.3 Å². The average molecular weight is 328 g/mol. The second-order valence-electron chi connectivity index (χ2n) is 8.86. The standard InChI is InChI=1S/C21H28O3/c1-19(23-7-8-24-19)21-11-17-9-18(21)12-20(10-17,14-21)15-22-13-16-5-3-2-4-6-16/h2-6,17-18H,7-15H2,1H3. The smallest absolute Gasteiger partial charge is 0.171 e. The molecule has 3 heteroatoms. The van der Waals surface area contributed by atoms with E-state index < -0.39 is 0 Å². The third-order valence-corrected chi connectivity index (χ3v) is 7.41. The summed E-state index contributed by atoms with van der Waals surface area (Å²) < 4.78 is 18.5. The lowest BCUT2D eigenvalue weighted by molar-refractivity contribution is -0.238. The molecular formula is C21H28O3. The van der Waals surface area contributed by atoms with E-state index in [0.29, 0.717) is 5.41 Å². The van der Waals surface area contributed by atoms with Crippen molar-refractivity contribution >= 4 is 0 Å². The molecule has 0 spiro atoms. The molecule has 0 aromatic heterocycles.